The van der Waals surface area contributed by atoms with Crippen LogP contribution in [0.5, 0.6) is 0 Å². The minimum atomic E-state index is -3.47. The first kappa shape index (κ1) is 20.0. The van der Waals surface area contributed by atoms with Crippen LogP contribution in [-0.4, -0.2) is 39.4 Å². The first-order valence-corrected chi connectivity index (χ1v) is 9.24. The molecule has 0 aromatic heterocycles. The minimum absolute atomic E-state index is 0. The summed E-state index contributed by atoms with van der Waals surface area (Å²) in [5, 5.41) is 3.76. The lowest BCUT2D eigenvalue weighted by Gasteiger charge is -2.31. The second-order valence-electron chi connectivity index (χ2n) is 5.32. The summed E-state index contributed by atoms with van der Waals surface area (Å²) >= 11 is 11.8. The maximum Gasteiger partial charge on any atom is 0.243 e. The van der Waals surface area contributed by atoms with Gasteiger partial charge in [0.25, 0.3) is 0 Å². The lowest BCUT2D eigenvalue weighted by molar-refractivity contribution is 0.263. The molecule has 1 N–H and O–H groups in total. The Bertz CT molecular complexity index is 588. The number of rotatable bonds is 5. The molecule has 0 saturated carbocycles. The normalized spacial score (nSPS) is 17.2. The third kappa shape index (κ3) is 4.73. The molecule has 126 valence electrons. The second-order valence-corrected chi connectivity index (χ2v) is 8.07. The number of hydrogen-bond acceptors (Lipinski definition) is 3. The van der Waals surface area contributed by atoms with E-state index in [0.29, 0.717) is 24.0 Å². The van der Waals surface area contributed by atoms with Crippen molar-refractivity contribution in [3.63, 3.8) is 0 Å². The molecule has 22 heavy (non-hydrogen) atoms. The van der Waals surface area contributed by atoms with Gasteiger partial charge in [-0.25, -0.2) is 8.42 Å². The zero-order chi connectivity index (χ0) is 15.5. The number of piperidine rings is 1. The molecule has 1 saturated heterocycles. The predicted molar refractivity (Wildman–Crippen MR) is 93.7 cm³/mol. The highest BCUT2D eigenvalue weighted by molar-refractivity contribution is 7.89. The van der Waals surface area contributed by atoms with Gasteiger partial charge in [-0.2, -0.15) is 4.31 Å². The van der Waals surface area contributed by atoms with E-state index in [1.165, 1.54) is 18.2 Å². The van der Waals surface area contributed by atoms with Crippen molar-refractivity contribution in [2.45, 2.75) is 24.2 Å². The molecule has 0 bridgehead atoms. The first-order chi connectivity index (χ1) is 9.95. The number of sulfonamides is 1. The average molecular weight is 388 g/mol. The number of benzene rings is 1. The van der Waals surface area contributed by atoms with Gasteiger partial charge in [-0.1, -0.05) is 23.2 Å². The third-order valence-electron chi connectivity index (χ3n) is 3.90. The summed E-state index contributed by atoms with van der Waals surface area (Å²) < 4.78 is 26.7. The molecule has 1 aromatic carbocycles. The SMILES string of the molecule is CNCCC1CCN(S(=O)(=O)c2ccc(Cl)c(Cl)c2)CC1.Cl. The molecular weight excluding hydrogens is 367 g/mol. The van der Waals surface area contributed by atoms with Crippen molar-refractivity contribution in [3.8, 4) is 0 Å². The van der Waals surface area contributed by atoms with Crippen molar-refractivity contribution in [3.05, 3.63) is 28.2 Å². The largest absolute Gasteiger partial charge is 0.320 e. The van der Waals surface area contributed by atoms with Gasteiger partial charge in [0.2, 0.25) is 10.0 Å². The molecule has 0 radical (unpaired) electrons. The lowest BCUT2D eigenvalue weighted by atomic mass is 9.95. The highest BCUT2D eigenvalue weighted by Crippen LogP contribution is 2.29. The molecule has 1 heterocycles. The summed E-state index contributed by atoms with van der Waals surface area (Å²) in [5.41, 5.74) is 0. The summed E-state index contributed by atoms with van der Waals surface area (Å²) in [4.78, 5) is 0.213. The quantitative estimate of drug-likeness (QED) is 0.842. The van der Waals surface area contributed by atoms with Crippen molar-refractivity contribution < 1.29 is 8.42 Å². The Hall–Kier alpha value is -0.0400. The maximum absolute atomic E-state index is 12.6. The van der Waals surface area contributed by atoms with Crippen LogP contribution in [0.1, 0.15) is 19.3 Å². The molecule has 0 aliphatic carbocycles. The molecule has 1 aromatic rings. The fourth-order valence-corrected chi connectivity index (χ4v) is 4.43. The zero-order valence-electron chi connectivity index (χ0n) is 12.4. The smallest absolute Gasteiger partial charge is 0.243 e. The van der Waals surface area contributed by atoms with E-state index in [4.69, 9.17) is 23.2 Å². The maximum atomic E-state index is 12.6. The van der Waals surface area contributed by atoms with E-state index in [-0.39, 0.29) is 22.3 Å². The minimum Gasteiger partial charge on any atom is -0.320 e. The van der Waals surface area contributed by atoms with Crippen molar-refractivity contribution in [1.82, 2.24) is 9.62 Å². The van der Waals surface area contributed by atoms with Crippen LogP contribution < -0.4 is 5.32 Å². The van der Waals surface area contributed by atoms with E-state index in [1.807, 2.05) is 7.05 Å². The standard InChI is InChI=1S/C14H20Cl2N2O2S.ClH/c1-17-7-4-11-5-8-18(9-6-11)21(19,20)12-2-3-13(15)14(16)10-12;/h2-3,10-11,17H,4-9H2,1H3;1H. The Balaban J connectivity index is 0.00000242. The monoisotopic (exact) mass is 386 g/mol. The predicted octanol–water partition coefficient (Wildman–Crippen LogP) is 3.43. The van der Waals surface area contributed by atoms with Crippen molar-refractivity contribution in [1.29, 1.82) is 0 Å². The summed E-state index contributed by atoms with van der Waals surface area (Å²) in [7, 11) is -1.54. The Morgan fingerprint density at radius 2 is 1.86 bits per heavy atom. The molecule has 0 unspecified atom stereocenters. The molecule has 8 heteroatoms. The van der Waals surface area contributed by atoms with Crippen LogP contribution in [0.4, 0.5) is 0 Å². The lowest BCUT2D eigenvalue weighted by Crippen LogP contribution is -2.38. The van der Waals surface area contributed by atoms with Gasteiger partial charge < -0.3 is 5.32 Å². The van der Waals surface area contributed by atoms with Gasteiger partial charge in [-0.05, 0) is 57.0 Å². The Morgan fingerprint density at radius 1 is 1.23 bits per heavy atom. The van der Waals surface area contributed by atoms with E-state index in [0.717, 1.165) is 25.8 Å². The summed E-state index contributed by atoms with van der Waals surface area (Å²) in [6, 6.07) is 4.46. The van der Waals surface area contributed by atoms with E-state index in [1.54, 1.807) is 4.31 Å². The summed E-state index contributed by atoms with van der Waals surface area (Å²) in [6.07, 6.45) is 2.90. The Kier molecular flexibility index (Phi) is 7.92. The molecule has 0 atom stereocenters. The van der Waals surface area contributed by atoms with Crippen molar-refractivity contribution >= 4 is 45.6 Å². The molecular formula is C14H21Cl3N2O2S. The second kappa shape index (κ2) is 8.71. The zero-order valence-corrected chi connectivity index (χ0v) is 15.5. The molecule has 4 nitrogen and oxygen atoms in total. The number of hydrogen-bond donors (Lipinski definition) is 1. The Labute approximate surface area is 148 Å². The van der Waals surface area contributed by atoms with Crippen LogP contribution in [0.15, 0.2) is 23.1 Å². The Morgan fingerprint density at radius 3 is 2.41 bits per heavy atom. The van der Waals surface area contributed by atoms with Gasteiger partial charge in [-0.15, -0.1) is 12.4 Å². The molecule has 1 aliphatic rings. The van der Waals surface area contributed by atoms with Crippen LogP contribution in [0, 0.1) is 5.92 Å². The van der Waals surface area contributed by atoms with Crippen LogP contribution in [0.2, 0.25) is 10.0 Å². The van der Waals surface area contributed by atoms with Gasteiger partial charge in [0.15, 0.2) is 0 Å². The first-order valence-electron chi connectivity index (χ1n) is 7.05. The van der Waals surface area contributed by atoms with Crippen molar-refractivity contribution in [2.24, 2.45) is 5.92 Å². The van der Waals surface area contributed by atoms with Gasteiger partial charge in [0.05, 0.1) is 14.9 Å². The van der Waals surface area contributed by atoms with Gasteiger partial charge in [0.1, 0.15) is 0 Å². The molecule has 0 amide bonds. The van der Waals surface area contributed by atoms with Gasteiger partial charge >= 0.3 is 0 Å². The van der Waals surface area contributed by atoms with Gasteiger partial charge in [0, 0.05) is 13.1 Å². The topological polar surface area (TPSA) is 49.4 Å². The van der Waals surface area contributed by atoms with Gasteiger partial charge in [-0.3, -0.25) is 0 Å². The fourth-order valence-electron chi connectivity index (χ4n) is 2.57. The molecule has 1 aliphatic heterocycles. The molecule has 0 spiro atoms. The van der Waals surface area contributed by atoms with Crippen LogP contribution in [0.3, 0.4) is 0 Å². The van der Waals surface area contributed by atoms with Crippen LogP contribution in [-0.2, 0) is 10.0 Å². The van der Waals surface area contributed by atoms with E-state index >= 15 is 0 Å². The number of nitrogens with one attached hydrogen (secondary N) is 1. The summed E-state index contributed by atoms with van der Waals surface area (Å²) in [5.74, 6) is 0.595. The number of nitrogens with zero attached hydrogens (tertiary/aromatic N) is 1. The van der Waals surface area contributed by atoms with Crippen LogP contribution >= 0.6 is 35.6 Å². The number of halogens is 3. The van der Waals surface area contributed by atoms with E-state index < -0.39 is 10.0 Å². The highest BCUT2D eigenvalue weighted by atomic mass is 35.5. The third-order valence-corrected chi connectivity index (χ3v) is 6.54. The van der Waals surface area contributed by atoms with Crippen molar-refractivity contribution in [2.75, 3.05) is 26.7 Å². The summed E-state index contributed by atoms with van der Waals surface area (Å²) in [6.45, 7) is 2.11. The fraction of sp³-hybridized carbons (Fsp3) is 0.571. The van der Waals surface area contributed by atoms with E-state index in [9.17, 15) is 8.42 Å². The van der Waals surface area contributed by atoms with Crippen LogP contribution in [0.25, 0.3) is 0 Å². The molecule has 1 fully saturated rings. The highest BCUT2D eigenvalue weighted by Gasteiger charge is 2.29. The van der Waals surface area contributed by atoms with E-state index in [2.05, 4.69) is 5.32 Å². The molecule has 2 rings (SSSR count). The average Bonchev–Trinajstić information content (AvgIpc) is 2.48.